The van der Waals surface area contributed by atoms with E-state index in [1.54, 1.807) is 29.9 Å². The highest BCUT2D eigenvalue weighted by molar-refractivity contribution is 5.93. The molecule has 7 nitrogen and oxygen atoms in total. The van der Waals surface area contributed by atoms with Gasteiger partial charge in [-0.05, 0) is 39.8 Å². The molecule has 2 rings (SSSR count). The maximum Gasteiger partial charge on any atom is 0.342 e. The number of carbonyl (C=O) groups is 2. The molecule has 0 saturated carbocycles. The molecular weight excluding hydrogens is 296 g/mol. The lowest BCUT2D eigenvalue weighted by Gasteiger charge is -2.15. The van der Waals surface area contributed by atoms with Crippen molar-refractivity contribution < 1.29 is 14.3 Å². The van der Waals surface area contributed by atoms with Crippen molar-refractivity contribution >= 4 is 11.9 Å². The van der Waals surface area contributed by atoms with E-state index in [9.17, 15) is 9.59 Å². The van der Waals surface area contributed by atoms with Crippen molar-refractivity contribution in [2.45, 2.75) is 39.8 Å². The van der Waals surface area contributed by atoms with Crippen LogP contribution in [-0.4, -0.2) is 38.8 Å². The van der Waals surface area contributed by atoms with Crippen molar-refractivity contribution in [1.29, 1.82) is 0 Å². The van der Waals surface area contributed by atoms with Crippen LogP contribution in [0.3, 0.4) is 0 Å². The molecular formula is C16H20N4O3. The van der Waals surface area contributed by atoms with Crippen LogP contribution >= 0.6 is 0 Å². The Morgan fingerprint density at radius 2 is 2.00 bits per heavy atom. The molecule has 7 heteroatoms. The molecule has 0 aliphatic carbocycles. The molecule has 122 valence electrons. The average molecular weight is 316 g/mol. The van der Waals surface area contributed by atoms with E-state index in [0.717, 1.165) is 0 Å². The molecule has 0 spiro atoms. The topological polar surface area (TPSA) is 86.1 Å². The van der Waals surface area contributed by atoms with Crippen LogP contribution in [0.15, 0.2) is 30.6 Å². The third kappa shape index (κ3) is 3.94. The van der Waals surface area contributed by atoms with Gasteiger partial charge in [0.05, 0.1) is 11.9 Å². The maximum atomic E-state index is 12.2. The molecule has 0 saturated heterocycles. The first-order chi connectivity index (χ1) is 10.9. The van der Waals surface area contributed by atoms with Gasteiger partial charge in [0, 0.05) is 12.2 Å². The molecule has 0 bridgehead atoms. The number of nitrogens with zero attached hydrogens (tertiary/aromatic N) is 3. The second-order valence-electron chi connectivity index (χ2n) is 5.45. The van der Waals surface area contributed by atoms with Crippen LogP contribution in [0.25, 0.3) is 5.82 Å². The minimum atomic E-state index is -0.873. The SMILES string of the molecule is Cc1c(C(=O)OC(C)C(=O)NC(C)C)cnn1-c1ccccn1. The fourth-order valence-corrected chi connectivity index (χ4v) is 2.00. The summed E-state index contributed by atoms with van der Waals surface area (Å²) in [5, 5.41) is 6.86. The van der Waals surface area contributed by atoms with Gasteiger partial charge >= 0.3 is 5.97 Å². The largest absolute Gasteiger partial charge is 0.449 e. The van der Waals surface area contributed by atoms with Crippen LogP contribution in [0.2, 0.25) is 0 Å². The van der Waals surface area contributed by atoms with Crippen molar-refractivity contribution in [3.63, 3.8) is 0 Å². The van der Waals surface area contributed by atoms with E-state index in [2.05, 4.69) is 15.4 Å². The van der Waals surface area contributed by atoms with E-state index in [1.165, 1.54) is 13.1 Å². The van der Waals surface area contributed by atoms with Crippen molar-refractivity contribution in [2.24, 2.45) is 0 Å². The van der Waals surface area contributed by atoms with Crippen LogP contribution in [-0.2, 0) is 9.53 Å². The summed E-state index contributed by atoms with van der Waals surface area (Å²) >= 11 is 0. The molecule has 2 heterocycles. The summed E-state index contributed by atoms with van der Waals surface area (Å²) in [5.41, 5.74) is 0.907. The summed E-state index contributed by atoms with van der Waals surface area (Å²) in [6, 6.07) is 5.40. The number of ether oxygens (including phenoxy) is 1. The lowest BCUT2D eigenvalue weighted by Crippen LogP contribution is -2.39. The molecule has 0 aromatic carbocycles. The quantitative estimate of drug-likeness (QED) is 0.848. The highest BCUT2D eigenvalue weighted by Gasteiger charge is 2.22. The van der Waals surface area contributed by atoms with Crippen molar-refractivity contribution in [2.75, 3.05) is 0 Å². The summed E-state index contributed by atoms with van der Waals surface area (Å²) in [7, 11) is 0. The number of carbonyl (C=O) groups excluding carboxylic acids is 2. The zero-order chi connectivity index (χ0) is 17.0. The van der Waals surface area contributed by atoms with Gasteiger partial charge in [0.15, 0.2) is 11.9 Å². The van der Waals surface area contributed by atoms with Gasteiger partial charge in [-0.15, -0.1) is 0 Å². The highest BCUT2D eigenvalue weighted by Crippen LogP contribution is 2.14. The van der Waals surface area contributed by atoms with Crippen LogP contribution < -0.4 is 5.32 Å². The van der Waals surface area contributed by atoms with E-state index >= 15 is 0 Å². The molecule has 2 aromatic heterocycles. The second kappa shape index (κ2) is 7.04. The minimum Gasteiger partial charge on any atom is -0.449 e. The van der Waals surface area contributed by atoms with Gasteiger partial charge in [-0.25, -0.2) is 14.5 Å². The Balaban J connectivity index is 2.12. The number of hydrogen-bond acceptors (Lipinski definition) is 5. The average Bonchev–Trinajstić information content (AvgIpc) is 2.89. The van der Waals surface area contributed by atoms with E-state index in [1.807, 2.05) is 19.9 Å². The first-order valence-corrected chi connectivity index (χ1v) is 7.37. The molecule has 0 aliphatic heterocycles. The molecule has 1 unspecified atom stereocenters. The van der Waals surface area contributed by atoms with E-state index in [-0.39, 0.29) is 11.9 Å². The fraction of sp³-hybridized carbons (Fsp3) is 0.375. The number of nitrogens with one attached hydrogen (secondary N) is 1. The van der Waals surface area contributed by atoms with Crippen LogP contribution in [0.4, 0.5) is 0 Å². The molecule has 0 aliphatic rings. The molecule has 1 N–H and O–H groups in total. The number of aromatic nitrogens is 3. The monoisotopic (exact) mass is 316 g/mol. The zero-order valence-electron chi connectivity index (χ0n) is 13.6. The number of pyridine rings is 1. The fourth-order valence-electron chi connectivity index (χ4n) is 2.00. The van der Waals surface area contributed by atoms with Crippen LogP contribution in [0, 0.1) is 6.92 Å². The third-order valence-corrected chi connectivity index (χ3v) is 3.18. The summed E-state index contributed by atoms with van der Waals surface area (Å²) < 4.78 is 6.76. The lowest BCUT2D eigenvalue weighted by molar-refractivity contribution is -0.129. The Morgan fingerprint density at radius 1 is 1.26 bits per heavy atom. The molecule has 2 aromatic rings. The third-order valence-electron chi connectivity index (χ3n) is 3.18. The second-order valence-corrected chi connectivity index (χ2v) is 5.45. The standard InChI is InChI=1S/C16H20N4O3/c1-10(2)19-15(21)12(4)23-16(22)13-9-18-20(11(13)3)14-7-5-6-8-17-14/h5-10,12H,1-4H3,(H,19,21). The smallest absolute Gasteiger partial charge is 0.342 e. The van der Waals surface area contributed by atoms with Crippen molar-refractivity contribution in [1.82, 2.24) is 20.1 Å². The summed E-state index contributed by atoms with van der Waals surface area (Å²) in [6.45, 7) is 6.96. The Bertz CT molecular complexity index is 695. The van der Waals surface area contributed by atoms with Gasteiger partial charge in [0.1, 0.15) is 5.56 Å². The first-order valence-electron chi connectivity index (χ1n) is 7.37. The first kappa shape index (κ1) is 16.7. The predicted octanol–water partition coefficient (Wildman–Crippen LogP) is 1.65. The van der Waals surface area contributed by atoms with Gasteiger partial charge in [-0.1, -0.05) is 6.07 Å². The molecule has 0 radical (unpaired) electrons. The number of rotatable bonds is 5. The summed E-state index contributed by atoms with van der Waals surface area (Å²) in [5.74, 6) is -0.311. The molecule has 23 heavy (non-hydrogen) atoms. The van der Waals surface area contributed by atoms with Crippen LogP contribution in [0.1, 0.15) is 36.8 Å². The predicted molar refractivity (Wildman–Crippen MR) is 84.3 cm³/mol. The molecule has 0 fully saturated rings. The Kier molecular flexibility index (Phi) is 5.10. The normalized spacial score (nSPS) is 12.0. The number of esters is 1. The van der Waals surface area contributed by atoms with E-state index in [0.29, 0.717) is 17.1 Å². The minimum absolute atomic E-state index is 0.0164. The molecule has 1 amide bonds. The summed E-state index contributed by atoms with van der Waals surface area (Å²) in [6.07, 6.45) is 2.19. The van der Waals surface area contributed by atoms with E-state index in [4.69, 9.17) is 4.74 Å². The van der Waals surface area contributed by atoms with Gasteiger partial charge < -0.3 is 10.1 Å². The van der Waals surface area contributed by atoms with Crippen LogP contribution in [0.5, 0.6) is 0 Å². The summed E-state index contributed by atoms with van der Waals surface area (Å²) in [4.78, 5) is 28.2. The maximum absolute atomic E-state index is 12.2. The lowest BCUT2D eigenvalue weighted by atomic mass is 10.2. The van der Waals surface area contributed by atoms with E-state index < -0.39 is 12.1 Å². The zero-order valence-corrected chi connectivity index (χ0v) is 13.6. The molecule has 1 atom stereocenters. The number of amides is 1. The van der Waals surface area contributed by atoms with Gasteiger partial charge in [0.2, 0.25) is 0 Å². The van der Waals surface area contributed by atoms with Crippen molar-refractivity contribution in [3.05, 3.63) is 41.9 Å². The highest BCUT2D eigenvalue weighted by atomic mass is 16.5. The Labute approximate surface area is 134 Å². The van der Waals surface area contributed by atoms with Gasteiger partial charge in [0.25, 0.3) is 5.91 Å². The Morgan fingerprint density at radius 3 is 2.61 bits per heavy atom. The van der Waals surface area contributed by atoms with Gasteiger partial charge in [-0.3, -0.25) is 4.79 Å². The van der Waals surface area contributed by atoms with Gasteiger partial charge in [-0.2, -0.15) is 5.10 Å². The van der Waals surface area contributed by atoms with Crippen molar-refractivity contribution in [3.8, 4) is 5.82 Å². The number of hydrogen-bond donors (Lipinski definition) is 1. The Hall–Kier alpha value is -2.70.